The van der Waals surface area contributed by atoms with E-state index in [4.69, 9.17) is 5.73 Å². The molecule has 1 rings (SSSR count). The molecule has 2 atom stereocenters. The van der Waals surface area contributed by atoms with Crippen molar-refractivity contribution in [3.8, 4) is 0 Å². The fourth-order valence-electron chi connectivity index (χ4n) is 1.68. The van der Waals surface area contributed by atoms with Crippen molar-refractivity contribution in [2.45, 2.75) is 25.6 Å². The van der Waals surface area contributed by atoms with Gasteiger partial charge >= 0.3 is 0 Å². The minimum Gasteiger partial charge on any atom is -0.398 e. The molecule has 5 N–H and O–H groups in total. The molecule has 17 heavy (non-hydrogen) atoms. The highest BCUT2D eigenvalue weighted by Crippen LogP contribution is 2.28. The fourth-order valence-corrected chi connectivity index (χ4v) is 1.68. The quantitative estimate of drug-likeness (QED) is 0.574. The third-order valence-corrected chi connectivity index (χ3v) is 2.76. The van der Waals surface area contributed by atoms with E-state index in [0.29, 0.717) is 24.2 Å². The molecule has 0 radical (unpaired) electrons. The average molecular weight is 242 g/mol. The third-order valence-electron chi connectivity index (χ3n) is 2.76. The zero-order valence-corrected chi connectivity index (χ0v) is 10.1. The summed E-state index contributed by atoms with van der Waals surface area (Å²) in [6.07, 6.45) is -1.77. The topological polar surface area (TPSA) is 78.5 Å². The van der Waals surface area contributed by atoms with Crippen LogP contribution in [0.4, 0.5) is 10.1 Å². The normalized spacial score (nSPS) is 14.6. The van der Waals surface area contributed by atoms with Crippen LogP contribution in [0.2, 0.25) is 0 Å². The van der Waals surface area contributed by atoms with Gasteiger partial charge in [-0.15, -0.1) is 0 Å². The van der Waals surface area contributed by atoms with Crippen LogP contribution >= 0.6 is 0 Å². The molecule has 0 fully saturated rings. The van der Waals surface area contributed by atoms with Crippen molar-refractivity contribution in [1.29, 1.82) is 0 Å². The lowest BCUT2D eigenvalue weighted by atomic mass is 9.98. The monoisotopic (exact) mass is 242 g/mol. The van der Waals surface area contributed by atoms with E-state index < -0.39 is 18.0 Å². The average Bonchev–Trinajstić information content (AvgIpc) is 2.29. The largest absolute Gasteiger partial charge is 0.398 e. The van der Waals surface area contributed by atoms with Crippen molar-refractivity contribution in [2.75, 3.05) is 19.3 Å². The number of halogens is 1. The van der Waals surface area contributed by atoms with E-state index in [2.05, 4.69) is 5.32 Å². The molecule has 0 saturated heterocycles. The van der Waals surface area contributed by atoms with Crippen molar-refractivity contribution < 1.29 is 14.6 Å². The summed E-state index contributed by atoms with van der Waals surface area (Å²) >= 11 is 0. The van der Waals surface area contributed by atoms with Crippen LogP contribution in [0.3, 0.4) is 0 Å². The maximum atomic E-state index is 13.2. The van der Waals surface area contributed by atoms with E-state index in [1.165, 1.54) is 6.07 Å². The van der Waals surface area contributed by atoms with Gasteiger partial charge in [0.1, 0.15) is 11.9 Å². The van der Waals surface area contributed by atoms with Gasteiger partial charge in [-0.3, -0.25) is 0 Å². The Kier molecular flexibility index (Phi) is 4.86. The number of aliphatic hydroxyl groups is 2. The van der Waals surface area contributed by atoms with Crippen LogP contribution in [-0.2, 0) is 0 Å². The first-order valence-corrected chi connectivity index (χ1v) is 5.53. The summed E-state index contributed by atoms with van der Waals surface area (Å²) in [5, 5.41) is 22.5. The Labute approximate surface area is 100 Å². The first kappa shape index (κ1) is 13.9. The maximum Gasteiger partial charge on any atom is 0.123 e. The lowest BCUT2D eigenvalue weighted by Gasteiger charge is -2.20. The number of aryl methyl sites for hydroxylation is 1. The van der Waals surface area contributed by atoms with Crippen LogP contribution in [0.1, 0.15) is 23.7 Å². The lowest BCUT2D eigenvalue weighted by Crippen LogP contribution is -2.24. The van der Waals surface area contributed by atoms with E-state index >= 15 is 0 Å². The molecular formula is C12H19FN2O2. The molecule has 4 nitrogen and oxygen atoms in total. The lowest BCUT2D eigenvalue weighted by molar-refractivity contribution is 0.0143. The van der Waals surface area contributed by atoms with E-state index in [1.54, 1.807) is 14.0 Å². The summed E-state index contributed by atoms with van der Waals surface area (Å²) in [6, 6.07) is 2.46. The van der Waals surface area contributed by atoms with Crippen molar-refractivity contribution >= 4 is 5.69 Å². The van der Waals surface area contributed by atoms with Gasteiger partial charge in [-0.25, -0.2) is 4.39 Å². The second-order valence-corrected chi connectivity index (χ2v) is 4.13. The number of hydrogen-bond donors (Lipinski definition) is 4. The minimum absolute atomic E-state index is 0.242. The molecule has 0 heterocycles. The summed E-state index contributed by atoms with van der Waals surface area (Å²) < 4.78 is 13.2. The molecule has 0 amide bonds. The van der Waals surface area contributed by atoms with E-state index in [1.807, 2.05) is 0 Å². The third kappa shape index (κ3) is 3.39. The Bertz CT molecular complexity index is 385. The highest BCUT2D eigenvalue weighted by atomic mass is 19.1. The molecule has 1 aromatic carbocycles. The zero-order valence-electron chi connectivity index (χ0n) is 10.1. The summed E-state index contributed by atoms with van der Waals surface area (Å²) in [5.41, 5.74) is 6.88. The first-order chi connectivity index (χ1) is 7.97. The molecule has 0 bridgehead atoms. The standard InChI is InChI=1S/C12H19FN2O2/c1-7-5-8(13)6-9(11(7)14)12(17)10(16)3-4-15-2/h5-6,10,12,15-17H,3-4,14H2,1-2H3. The van der Waals surface area contributed by atoms with E-state index in [9.17, 15) is 14.6 Å². The van der Waals surface area contributed by atoms with Gasteiger partial charge in [0.25, 0.3) is 0 Å². The van der Waals surface area contributed by atoms with Crippen molar-refractivity contribution in [3.05, 3.63) is 29.1 Å². The van der Waals surface area contributed by atoms with Crippen LogP contribution < -0.4 is 11.1 Å². The molecular weight excluding hydrogens is 223 g/mol. The van der Waals surface area contributed by atoms with Gasteiger partial charge in [0.05, 0.1) is 6.10 Å². The Morgan fingerprint density at radius 1 is 1.41 bits per heavy atom. The Balaban J connectivity index is 2.91. The molecule has 5 heteroatoms. The molecule has 96 valence electrons. The van der Waals surface area contributed by atoms with Gasteiger partial charge in [-0.05, 0) is 44.6 Å². The molecule has 1 aromatic rings. The summed E-state index contributed by atoms with van der Waals surface area (Å²) in [6.45, 7) is 2.22. The fraction of sp³-hybridized carbons (Fsp3) is 0.500. The highest BCUT2D eigenvalue weighted by Gasteiger charge is 2.21. The van der Waals surface area contributed by atoms with Crippen molar-refractivity contribution in [3.63, 3.8) is 0 Å². The van der Waals surface area contributed by atoms with Gasteiger partial charge in [-0.1, -0.05) is 0 Å². The van der Waals surface area contributed by atoms with Gasteiger partial charge in [0, 0.05) is 11.3 Å². The molecule has 0 saturated carbocycles. The molecule has 2 unspecified atom stereocenters. The van der Waals surface area contributed by atoms with E-state index in [0.717, 1.165) is 6.07 Å². The van der Waals surface area contributed by atoms with Gasteiger partial charge in [0.15, 0.2) is 0 Å². The zero-order chi connectivity index (χ0) is 13.0. The van der Waals surface area contributed by atoms with Crippen LogP contribution in [0.5, 0.6) is 0 Å². The number of nitrogen functional groups attached to an aromatic ring is 1. The minimum atomic E-state index is -1.17. The molecule has 0 spiro atoms. The second kappa shape index (κ2) is 5.95. The Morgan fingerprint density at radius 2 is 2.06 bits per heavy atom. The van der Waals surface area contributed by atoms with Gasteiger partial charge < -0.3 is 21.3 Å². The number of hydrogen-bond acceptors (Lipinski definition) is 4. The van der Waals surface area contributed by atoms with Crippen LogP contribution in [0, 0.1) is 12.7 Å². The Hall–Kier alpha value is -1.17. The number of nitrogens with two attached hydrogens (primary N) is 1. The molecule has 0 aliphatic heterocycles. The molecule has 0 aromatic heterocycles. The van der Waals surface area contributed by atoms with Crippen LogP contribution in [0.15, 0.2) is 12.1 Å². The summed E-state index contributed by atoms with van der Waals surface area (Å²) in [4.78, 5) is 0. The summed E-state index contributed by atoms with van der Waals surface area (Å²) in [7, 11) is 1.75. The smallest absolute Gasteiger partial charge is 0.123 e. The number of benzene rings is 1. The maximum absolute atomic E-state index is 13.2. The van der Waals surface area contributed by atoms with Crippen LogP contribution in [-0.4, -0.2) is 29.9 Å². The van der Waals surface area contributed by atoms with E-state index in [-0.39, 0.29) is 5.56 Å². The van der Waals surface area contributed by atoms with Gasteiger partial charge in [-0.2, -0.15) is 0 Å². The highest BCUT2D eigenvalue weighted by molar-refractivity contribution is 5.54. The SMILES string of the molecule is CNCCC(O)C(O)c1cc(F)cc(C)c1N. The summed E-state index contributed by atoms with van der Waals surface area (Å²) in [5.74, 6) is -0.466. The second-order valence-electron chi connectivity index (χ2n) is 4.13. The predicted molar refractivity (Wildman–Crippen MR) is 65.1 cm³/mol. The number of rotatable bonds is 5. The number of aliphatic hydroxyl groups excluding tert-OH is 2. The van der Waals surface area contributed by atoms with Crippen molar-refractivity contribution in [1.82, 2.24) is 5.32 Å². The number of nitrogens with one attached hydrogen (secondary N) is 1. The molecule has 0 aliphatic carbocycles. The van der Waals surface area contributed by atoms with Crippen LogP contribution in [0.25, 0.3) is 0 Å². The Morgan fingerprint density at radius 3 is 2.65 bits per heavy atom. The first-order valence-electron chi connectivity index (χ1n) is 5.53. The molecule has 0 aliphatic rings. The predicted octanol–water partition coefficient (Wildman–Crippen LogP) is 0.720. The van der Waals surface area contributed by atoms with Gasteiger partial charge in [0.2, 0.25) is 0 Å². The van der Waals surface area contributed by atoms with Crippen molar-refractivity contribution in [2.24, 2.45) is 0 Å². The number of anilines is 1.